The zero-order chi connectivity index (χ0) is 20.9. The van der Waals surface area contributed by atoms with Gasteiger partial charge in [-0.2, -0.15) is 12.7 Å². The summed E-state index contributed by atoms with van der Waals surface area (Å²) in [5, 5.41) is 11.4. The lowest BCUT2D eigenvalue weighted by Gasteiger charge is -2.24. The molecule has 1 aliphatic rings. The van der Waals surface area contributed by atoms with Crippen molar-refractivity contribution in [3.05, 3.63) is 35.4 Å². The number of amides is 1. The Kier molecular flexibility index (Phi) is 6.75. The number of nitrogens with one attached hydrogen (secondary N) is 2. The quantitative estimate of drug-likeness (QED) is 0.469. The molecule has 1 heterocycles. The van der Waals surface area contributed by atoms with Crippen molar-refractivity contribution in [2.24, 2.45) is 5.41 Å². The van der Waals surface area contributed by atoms with Gasteiger partial charge in [-0.25, -0.2) is 9.52 Å². The Labute approximate surface area is 163 Å². The fourth-order valence-corrected chi connectivity index (χ4v) is 3.57. The molecule has 2 rings (SSSR count). The zero-order valence-electron chi connectivity index (χ0n) is 15.6. The molecule has 1 amide bonds. The first kappa shape index (κ1) is 21.8. The van der Waals surface area contributed by atoms with Crippen LogP contribution in [0.4, 0.5) is 0 Å². The number of carboxylic acid groups (broad SMARTS) is 1. The van der Waals surface area contributed by atoms with Gasteiger partial charge in [0.05, 0.1) is 25.3 Å². The Bertz CT molecular complexity index is 850. The van der Waals surface area contributed by atoms with E-state index in [1.54, 1.807) is 12.1 Å². The number of aliphatic carboxylic acids is 1. The summed E-state index contributed by atoms with van der Waals surface area (Å²) in [7, 11) is -3.80. The minimum atomic E-state index is -3.80. The summed E-state index contributed by atoms with van der Waals surface area (Å²) in [5.41, 5.74) is 0.473. The van der Waals surface area contributed by atoms with Crippen molar-refractivity contribution in [2.45, 2.75) is 20.4 Å². The van der Waals surface area contributed by atoms with Crippen molar-refractivity contribution < 1.29 is 32.6 Å². The van der Waals surface area contributed by atoms with Gasteiger partial charge >= 0.3 is 22.1 Å². The SMILES string of the molecule is CC(C)(CNCC(=O)O)COC(=O)c1ccc(CN2CC(=O)NS2(=O)=O)cc1. The lowest BCUT2D eigenvalue weighted by Crippen LogP contribution is -2.36. The van der Waals surface area contributed by atoms with E-state index < -0.39 is 33.5 Å². The molecule has 1 fully saturated rings. The molecule has 1 saturated heterocycles. The second kappa shape index (κ2) is 8.67. The number of hydrogen-bond donors (Lipinski definition) is 3. The summed E-state index contributed by atoms with van der Waals surface area (Å²) in [6.45, 7) is 3.74. The molecule has 154 valence electrons. The van der Waals surface area contributed by atoms with E-state index in [0.717, 1.165) is 4.31 Å². The summed E-state index contributed by atoms with van der Waals surface area (Å²) >= 11 is 0. The summed E-state index contributed by atoms with van der Waals surface area (Å²) in [6.07, 6.45) is 0. The first-order valence-corrected chi connectivity index (χ1v) is 9.92. The Morgan fingerprint density at radius 3 is 2.46 bits per heavy atom. The average molecular weight is 413 g/mol. The Morgan fingerprint density at radius 1 is 1.29 bits per heavy atom. The Balaban J connectivity index is 1.88. The number of rotatable bonds is 9. The number of carbonyl (C=O) groups is 3. The summed E-state index contributed by atoms with van der Waals surface area (Å²) in [6, 6.07) is 6.22. The van der Waals surface area contributed by atoms with E-state index in [-0.39, 0.29) is 26.2 Å². The molecule has 0 aromatic heterocycles. The Hall–Kier alpha value is -2.50. The maximum Gasteiger partial charge on any atom is 0.338 e. The Morgan fingerprint density at radius 2 is 1.93 bits per heavy atom. The topological polar surface area (TPSA) is 142 Å². The van der Waals surface area contributed by atoms with Gasteiger partial charge in [0, 0.05) is 18.5 Å². The smallest absolute Gasteiger partial charge is 0.338 e. The van der Waals surface area contributed by atoms with Crippen molar-refractivity contribution >= 4 is 28.1 Å². The predicted molar refractivity (Wildman–Crippen MR) is 98.5 cm³/mol. The summed E-state index contributed by atoms with van der Waals surface area (Å²) in [5.74, 6) is -2.08. The van der Waals surface area contributed by atoms with Crippen molar-refractivity contribution in [1.29, 1.82) is 0 Å². The highest BCUT2D eigenvalue weighted by Crippen LogP contribution is 2.17. The van der Waals surface area contributed by atoms with E-state index in [2.05, 4.69) is 5.32 Å². The second-order valence-electron chi connectivity index (χ2n) is 7.23. The van der Waals surface area contributed by atoms with Gasteiger partial charge in [-0.05, 0) is 17.7 Å². The molecule has 0 spiro atoms. The first-order chi connectivity index (χ1) is 13.0. The maximum absolute atomic E-state index is 12.2. The molecule has 1 aromatic carbocycles. The minimum absolute atomic E-state index is 0.0126. The van der Waals surface area contributed by atoms with E-state index in [9.17, 15) is 22.8 Å². The number of carboxylic acids is 1. The molecule has 10 nitrogen and oxygen atoms in total. The van der Waals surface area contributed by atoms with Crippen LogP contribution in [0.3, 0.4) is 0 Å². The zero-order valence-corrected chi connectivity index (χ0v) is 16.4. The van der Waals surface area contributed by atoms with Crippen LogP contribution in [0.15, 0.2) is 24.3 Å². The lowest BCUT2D eigenvalue weighted by molar-refractivity contribution is -0.136. The first-order valence-electron chi connectivity index (χ1n) is 8.48. The highest BCUT2D eigenvalue weighted by atomic mass is 32.2. The van der Waals surface area contributed by atoms with Crippen LogP contribution in [0.1, 0.15) is 29.8 Å². The molecule has 0 aliphatic carbocycles. The fraction of sp³-hybridized carbons (Fsp3) is 0.471. The number of nitrogens with zero attached hydrogens (tertiary/aromatic N) is 1. The summed E-state index contributed by atoms with van der Waals surface area (Å²) < 4.78 is 31.6. The number of esters is 1. The van der Waals surface area contributed by atoms with Crippen LogP contribution in [0.5, 0.6) is 0 Å². The van der Waals surface area contributed by atoms with Gasteiger partial charge in [-0.15, -0.1) is 0 Å². The van der Waals surface area contributed by atoms with Crippen molar-refractivity contribution in [2.75, 3.05) is 26.2 Å². The van der Waals surface area contributed by atoms with Crippen LogP contribution in [0.2, 0.25) is 0 Å². The normalized spacial score (nSPS) is 16.6. The third-order valence-electron chi connectivity index (χ3n) is 3.93. The second-order valence-corrected chi connectivity index (χ2v) is 8.90. The summed E-state index contributed by atoms with van der Waals surface area (Å²) in [4.78, 5) is 33.9. The molecule has 0 unspecified atom stereocenters. The van der Waals surface area contributed by atoms with Gasteiger partial charge in [0.25, 0.3) is 0 Å². The molecular formula is C17H23N3O7S. The monoisotopic (exact) mass is 413 g/mol. The van der Waals surface area contributed by atoms with Crippen molar-refractivity contribution in [3.8, 4) is 0 Å². The molecule has 28 heavy (non-hydrogen) atoms. The van der Waals surface area contributed by atoms with Gasteiger partial charge in [-0.1, -0.05) is 26.0 Å². The molecule has 11 heteroatoms. The number of benzene rings is 1. The van der Waals surface area contributed by atoms with E-state index in [4.69, 9.17) is 9.84 Å². The van der Waals surface area contributed by atoms with Crippen molar-refractivity contribution in [1.82, 2.24) is 14.3 Å². The van der Waals surface area contributed by atoms with Crippen LogP contribution < -0.4 is 10.0 Å². The van der Waals surface area contributed by atoms with Crippen LogP contribution in [-0.2, 0) is 31.1 Å². The van der Waals surface area contributed by atoms with Crippen molar-refractivity contribution in [3.63, 3.8) is 0 Å². The average Bonchev–Trinajstić information content (AvgIpc) is 2.84. The third kappa shape index (κ3) is 6.29. The van der Waals surface area contributed by atoms with Gasteiger partial charge in [0.15, 0.2) is 0 Å². The molecule has 0 saturated carbocycles. The van der Waals surface area contributed by atoms with E-state index in [1.807, 2.05) is 18.6 Å². The molecular weight excluding hydrogens is 390 g/mol. The third-order valence-corrected chi connectivity index (χ3v) is 5.35. The molecule has 0 bridgehead atoms. The van der Waals surface area contributed by atoms with Gasteiger partial charge in [-0.3, -0.25) is 9.59 Å². The number of hydrogen-bond acceptors (Lipinski definition) is 7. The largest absolute Gasteiger partial charge is 0.480 e. The minimum Gasteiger partial charge on any atom is -0.480 e. The molecule has 1 aromatic rings. The number of carbonyl (C=O) groups excluding carboxylic acids is 2. The van der Waals surface area contributed by atoms with Crippen LogP contribution in [0, 0.1) is 5.41 Å². The van der Waals surface area contributed by atoms with Crippen LogP contribution >= 0.6 is 0 Å². The number of ether oxygens (including phenoxy) is 1. The highest BCUT2D eigenvalue weighted by molar-refractivity contribution is 7.88. The van der Waals surface area contributed by atoms with E-state index in [1.165, 1.54) is 12.1 Å². The van der Waals surface area contributed by atoms with E-state index >= 15 is 0 Å². The highest BCUT2D eigenvalue weighted by Gasteiger charge is 2.33. The lowest BCUT2D eigenvalue weighted by atomic mass is 9.95. The molecule has 1 aliphatic heterocycles. The van der Waals surface area contributed by atoms with Gasteiger partial charge in [0.1, 0.15) is 0 Å². The van der Waals surface area contributed by atoms with E-state index in [0.29, 0.717) is 17.7 Å². The van der Waals surface area contributed by atoms with Crippen LogP contribution in [0.25, 0.3) is 0 Å². The van der Waals surface area contributed by atoms with Gasteiger partial charge < -0.3 is 15.2 Å². The standard InChI is InChI=1S/C17H23N3O7S/c1-17(2,10-18-7-15(22)23)11-27-16(24)13-5-3-12(4-6-13)8-20-9-14(21)19-28(20,25)26/h3-6,18H,7-11H2,1-2H3,(H,19,21)(H,22,23). The molecule has 0 atom stereocenters. The van der Waals surface area contributed by atoms with Crippen LogP contribution in [-0.4, -0.2) is 61.9 Å². The maximum atomic E-state index is 12.2. The fourth-order valence-electron chi connectivity index (χ4n) is 2.48. The molecule has 0 radical (unpaired) electrons. The predicted octanol–water partition coefficient (Wildman–Crippen LogP) is -0.280. The van der Waals surface area contributed by atoms with Gasteiger partial charge in [0.2, 0.25) is 5.91 Å². The molecule has 3 N–H and O–H groups in total.